The van der Waals surface area contributed by atoms with Crippen LogP contribution in [0.4, 0.5) is 0 Å². The van der Waals surface area contributed by atoms with Crippen molar-refractivity contribution in [3.05, 3.63) is 48.3 Å². The molecule has 122 valence electrons. The molecule has 0 radical (unpaired) electrons. The molecule has 0 spiro atoms. The first kappa shape index (κ1) is 14.0. The van der Waals surface area contributed by atoms with E-state index in [9.17, 15) is 0 Å². The van der Waals surface area contributed by atoms with Gasteiger partial charge in [-0.25, -0.2) is 9.50 Å². The molecule has 2 aliphatic rings. The van der Waals surface area contributed by atoms with E-state index < -0.39 is 0 Å². The lowest BCUT2D eigenvalue weighted by molar-refractivity contribution is 0.370. The maximum atomic E-state index is 5.73. The van der Waals surface area contributed by atoms with Crippen LogP contribution in [0, 0.1) is 5.92 Å². The summed E-state index contributed by atoms with van der Waals surface area (Å²) in [6.07, 6.45) is 10.3. The third kappa shape index (κ3) is 1.92. The van der Waals surface area contributed by atoms with Crippen LogP contribution in [0.5, 0.6) is 5.75 Å². The van der Waals surface area contributed by atoms with Crippen molar-refractivity contribution < 1.29 is 4.74 Å². The zero-order chi connectivity index (χ0) is 16.1. The monoisotopic (exact) mass is 319 g/mol. The Morgan fingerprint density at radius 2 is 2.00 bits per heavy atom. The minimum absolute atomic E-state index is 0.322. The standard InChI is InChI=1S/C20H21N3O/c1-24-18-3-2-15(17-6-10-21-19-7-11-22-23(17)19)12-16(18)20-8-4-14(13-20)5-9-20/h2-3,6-7,10-12,14H,4-5,8-9,13H2,1H3. The van der Waals surface area contributed by atoms with Crippen molar-refractivity contribution >= 4 is 5.65 Å². The van der Waals surface area contributed by atoms with Crippen molar-refractivity contribution in [1.82, 2.24) is 14.6 Å². The van der Waals surface area contributed by atoms with E-state index in [4.69, 9.17) is 4.74 Å². The van der Waals surface area contributed by atoms with Gasteiger partial charge in [-0.15, -0.1) is 0 Å². The molecule has 4 heteroatoms. The second-order valence-electron chi connectivity index (χ2n) is 7.27. The van der Waals surface area contributed by atoms with Crippen LogP contribution >= 0.6 is 0 Å². The summed E-state index contributed by atoms with van der Waals surface area (Å²) in [4.78, 5) is 4.37. The van der Waals surface area contributed by atoms with Crippen LogP contribution in [0.1, 0.15) is 37.7 Å². The van der Waals surface area contributed by atoms with Crippen LogP contribution in [-0.2, 0) is 5.41 Å². The first-order valence-electron chi connectivity index (χ1n) is 8.77. The Labute approximate surface area is 141 Å². The molecular formula is C20H21N3O. The molecular weight excluding hydrogens is 298 g/mol. The molecule has 24 heavy (non-hydrogen) atoms. The number of rotatable bonds is 3. The van der Waals surface area contributed by atoms with Gasteiger partial charge in [-0.1, -0.05) is 0 Å². The van der Waals surface area contributed by atoms with Crippen molar-refractivity contribution in [2.24, 2.45) is 5.92 Å². The van der Waals surface area contributed by atoms with Gasteiger partial charge in [0, 0.05) is 23.4 Å². The summed E-state index contributed by atoms with van der Waals surface area (Å²) >= 11 is 0. The zero-order valence-electron chi connectivity index (χ0n) is 13.9. The Balaban J connectivity index is 1.69. The summed E-state index contributed by atoms with van der Waals surface area (Å²) in [5, 5.41) is 4.43. The summed E-state index contributed by atoms with van der Waals surface area (Å²) in [6, 6.07) is 10.6. The lowest BCUT2D eigenvalue weighted by Gasteiger charge is -2.29. The normalized spacial score (nSPS) is 25.5. The van der Waals surface area contributed by atoms with Gasteiger partial charge in [0.05, 0.1) is 19.0 Å². The van der Waals surface area contributed by atoms with Crippen molar-refractivity contribution in [3.8, 4) is 17.0 Å². The smallest absolute Gasteiger partial charge is 0.155 e. The zero-order valence-corrected chi connectivity index (χ0v) is 13.9. The molecule has 2 saturated carbocycles. The topological polar surface area (TPSA) is 39.4 Å². The van der Waals surface area contributed by atoms with E-state index in [2.05, 4.69) is 28.3 Å². The van der Waals surface area contributed by atoms with Crippen molar-refractivity contribution in [3.63, 3.8) is 0 Å². The lowest BCUT2D eigenvalue weighted by atomic mass is 9.76. The molecule has 3 aromatic rings. The van der Waals surface area contributed by atoms with Gasteiger partial charge in [-0.05, 0) is 67.7 Å². The van der Waals surface area contributed by atoms with Crippen LogP contribution in [0.2, 0.25) is 0 Å². The van der Waals surface area contributed by atoms with Crippen LogP contribution in [0.25, 0.3) is 16.9 Å². The van der Waals surface area contributed by atoms with Gasteiger partial charge in [0.2, 0.25) is 0 Å². The average Bonchev–Trinajstić information content (AvgIpc) is 3.36. The maximum absolute atomic E-state index is 5.73. The lowest BCUT2D eigenvalue weighted by Crippen LogP contribution is -2.20. The minimum Gasteiger partial charge on any atom is -0.496 e. The summed E-state index contributed by atoms with van der Waals surface area (Å²) in [5.74, 6) is 1.95. The van der Waals surface area contributed by atoms with E-state index in [-0.39, 0.29) is 0 Å². The molecule has 4 nitrogen and oxygen atoms in total. The van der Waals surface area contributed by atoms with Crippen LogP contribution in [0.3, 0.4) is 0 Å². The molecule has 2 fully saturated rings. The predicted octanol–water partition coefficient (Wildman–Crippen LogP) is 4.24. The first-order chi connectivity index (χ1) is 11.8. The number of nitrogens with zero attached hydrogens (tertiary/aromatic N) is 3. The van der Waals surface area contributed by atoms with Gasteiger partial charge in [-0.3, -0.25) is 0 Å². The van der Waals surface area contributed by atoms with E-state index >= 15 is 0 Å². The fraction of sp³-hybridized carbons (Fsp3) is 0.400. The number of benzene rings is 1. The Bertz CT molecular complexity index is 906. The summed E-state index contributed by atoms with van der Waals surface area (Å²) < 4.78 is 7.64. The number of hydrogen-bond donors (Lipinski definition) is 0. The molecule has 5 rings (SSSR count). The Morgan fingerprint density at radius 3 is 2.75 bits per heavy atom. The first-order valence-corrected chi connectivity index (χ1v) is 8.77. The highest BCUT2D eigenvalue weighted by Gasteiger charge is 2.47. The maximum Gasteiger partial charge on any atom is 0.155 e. The Hall–Kier alpha value is -2.36. The van der Waals surface area contributed by atoms with Gasteiger partial charge >= 0.3 is 0 Å². The molecule has 0 amide bonds. The highest BCUT2D eigenvalue weighted by molar-refractivity contribution is 5.65. The fourth-order valence-electron chi connectivity index (χ4n) is 4.91. The second-order valence-corrected chi connectivity index (χ2v) is 7.27. The van der Waals surface area contributed by atoms with Crippen molar-refractivity contribution in [1.29, 1.82) is 0 Å². The van der Waals surface area contributed by atoms with E-state index in [0.717, 1.165) is 23.0 Å². The Kier molecular flexibility index (Phi) is 2.96. The number of ether oxygens (including phenoxy) is 1. The van der Waals surface area contributed by atoms with Crippen LogP contribution < -0.4 is 4.74 Å². The molecule has 2 aromatic heterocycles. The van der Waals surface area contributed by atoms with Crippen LogP contribution in [-0.4, -0.2) is 21.7 Å². The summed E-state index contributed by atoms with van der Waals surface area (Å²) in [6.45, 7) is 0. The van der Waals surface area contributed by atoms with Crippen molar-refractivity contribution in [2.45, 2.75) is 37.5 Å². The molecule has 0 saturated heterocycles. The van der Waals surface area contributed by atoms with Gasteiger partial charge in [0.15, 0.2) is 5.65 Å². The van der Waals surface area contributed by atoms with Crippen LogP contribution in [0.15, 0.2) is 42.7 Å². The van der Waals surface area contributed by atoms with E-state index in [0.29, 0.717) is 5.41 Å². The number of methoxy groups -OCH3 is 1. The third-order valence-electron chi connectivity index (χ3n) is 6.10. The molecule has 0 N–H and O–H groups in total. The highest BCUT2D eigenvalue weighted by atomic mass is 16.5. The van der Waals surface area contributed by atoms with E-state index in [1.807, 2.05) is 22.8 Å². The largest absolute Gasteiger partial charge is 0.496 e. The molecule has 0 unspecified atom stereocenters. The Morgan fingerprint density at radius 1 is 1.12 bits per heavy atom. The second kappa shape index (κ2) is 5.07. The van der Waals surface area contributed by atoms with Gasteiger partial charge in [0.1, 0.15) is 5.75 Å². The fourth-order valence-corrected chi connectivity index (χ4v) is 4.91. The molecule has 2 aliphatic carbocycles. The van der Waals surface area contributed by atoms with Gasteiger partial charge < -0.3 is 4.74 Å². The third-order valence-corrected chi connectivity index (χ3v) is 6.10. The van der Waals surface area contributed by atoms with Gasteiger partial charge in [-0.2, -0.15) is 5.10 Å². The number of aromatic nitrogens is 3. The highest BCUT2D eigenvalue weighted by Crippen LogP contribution is 2.57. The van der Waals surface area contributed by atoms with E-state index in [1.54, 1.807) is 13.3 Å². The van der Waals surface area contributed by atoms with Gasteiger partial charge in [0.25, 0.3) is 0 Å². The van der Waals surface area contributed by atoms with E-state index in [1.165, 1.54) is 43.2 Å². The molecule has 0 atom stereocenters. The molecule has 2 bridgehead atoms. The summed E-state index contributed by atoms with van der Waals surface area (Å²) in [5.41, 5.74) is 4.86. The average molecular weight is 319 g/mol. The molecule has 1 aromatic carbocycles. The molecule has 0 aliphatic heterocycles. The SMILES string of the molecule is COc1ccc(-c2ccnc3ccnn23)cc1C12CCC(CC1)C2. The quantitative estimate of drug-likeness (QED) is 0.725. The molecule has 2 heterocycles. The minimum atomic E-state index is 0.322. The number of hydrogen-bond acceptors (Lipinski definition) is 3. The number of fused-ring (bicyclic) bond motifs is 3. The summed E-state index contributed by atoms with van der Waals surface area (Å²) in [7, 11) is 1.79. The van der Waals surface area contributed by atoms with Crippen molar-refractivity contribution in [2.75, 3.05) is 7.11 Å². The predicted molar refractivity (Wildman–Crippen MR) is 93.2 cm³/mol.